The Labute approximate surface area is 181 Å². The number of hydrogen-bond donors (Lipinski definition) is 1. The smallest absolute Gasteiger partial charge is 0.282 e. The van der Waals surface area contributed by atoms with Gasteiger partial charge in [-0.15, -0.1) is 11.3 Å². The summed E-state index contributed by atoms with van der Waals surface area (Å²) in [5, 5.41) is 5.31. The van der Waals surface area contributed by atoms with Gasteiger partial charge in [-0.1, -0.05) is 47.7 Å². The van der Waals surface area contributed by atoms with Crippen LogP contribution in [0.4, 0.5) is 0 Å². The molecule has 0 aliphatic heterocycles. The van der Waals surface area contributed by atoms with Gasteiger partial charge in [-0.05, 0) is 23.9 Å². The molecule has 0 bridgehead atoms. The quantitative estimate of drug-likeness (QED) is 0.353. The Hall–Kier alpha value is -3.04. The van der Waals surface area contributed by atoms with Crippen LogP contribution in [-0.4, -0.2) is 31.2 Å². The summed E-state index contributed by atoms with van der Waals surface area (Å²) in [6.07, 6.45) is 2.98. The molecular formula is C21H19N5O2S2. The van der Waals surface area contributed by atoms with Crippen LogP contribution in [0.25, 0.3) is 11.2 Å². The summed E-state index contributed by atoms with van der Waals surface area (Å²) in [6, 6.07) is 11.9. The predicted octanol–water partition coefficient (Wildman–Crippen LogP) is 3.01. The van der Waals surface area contributed by atoms with Gasteiger partial charge >= 0.3 is 0 Å². The van der Waals surface area contributed by atoms with E-state index in [-0.39, 0.29) is 28.4 Å². The van der Waals surface area contributed by atoms with Crippen molar-refractivity contribution < 1.29 is 4.79 Å². The van der Waals surface area contributed by atoms with Crippen LogP contribution in [-0.2, 0) is 17.9 Å². The highest BCUT2D eigenvalue weighted by atomic mass is 32.2. The molecule has 3 aromatic heterocycles. The van der Waals surface area contributed by atoms with Crippen molar-refractivity contribution >= 4 is 40.2 Å². The van der Waals surface area contributed by atoms with Crippen LogP contribution in [0.2, 0.25) is 0 Å². The third-order valence-electron chi connectivity index (χ3n) is 4.40. The Morgan fingerprint density at radius 3 is 2.73 bits per heavy atom. The lowest BCUT2D eigenvalue weighted by Crippen LogP contribution is -2.27. The van der Waals surface area contributed by atoms with Gasteiger partial charge in [0.25, 0.3) is 5.56 Å². The molecule has 7 nitrogen and oxygen atoms in total. The summed E-state index contributed by atoms with van der Waals surface area (Å²) < 4.78 is 1.56. The largest absolute Gasteiger partial charge is 0.351 e. The minimum Gasteiger partial charge on any atom is -0.351 e. The summed E-state index contributed by atoms with van der Waals surface area (Å²) in [7, 11) is 0. The second kappa shape index (κ2) is 9.19. The van der Waals surface area contributed by atoms with Gasteiger partial charge in [-0.3, -0.25) is 14.2 Å². The number of carbonyl (C=O) groups excluding carboxylic acids is 1. The molecule has 1 amide bonds. The minimum atomic E-state index is -0.260. The van der Waals surface area contributed by atoms with E-state index in [0.717, 1.165) is 10.4 Å². The predicted molar refractivity (Wildman–Crippen MR) is 119 cm³/mol. The number of nitrogens with zero attached hydrogens (tertiary/aromatic N) is 4. The van der Waals surface area contributed by atoms with E-state index in [0.29, 0.717) is 18.2 Å². The van der Waals surface area contributed by atoms with Gasteiger partial charge in [0, 0.05) is 23.8 Å². The summed E-state index contributed by atoms with van der Waals surface area (Å²) in [5.74, 6) is 0.0193. The van der Waals surface area contributed by atoms with Crippen molar-refractivity contribution in [2.75, 3.05) is 5.75 Å². The summed E-state index contributed by atoms with van der Waals surface area (Å²) >= 11 is 2.78. The number of benzene rings is 1. The fourth-order valence-corrected chi connectivity index (χ4v) is 4.33. The van der Waals surface area contributed by atoms with E-state index in [1.54, 1.807) is 15.9 Å². The van der Waals surface area contributed by atoms with E-state index in [1.165, 1.54) is 29.7 Å². The number of amides is 1. The van der Waals surface area contributed by atoms with Crippen molar-refractivity contribution in [1.82, 2.24) is 24.8 Å². The maximum Gasteiger partial charge on any atom is 0.282 e. The van der Waals surface area contributed by atoms with E-state index >= 15 is 0 Å². The van der Waals surface area contributed by atoms with Crippen molar-refractivity contribution in [1.29, 1.82) is 0 Å². The highest BCUT2D eigenvalue weighted by Crippen LogP contribution is 2.19. The van der Waals surface area contributed by atoms with Crippen LogP contribution in [0.3, 0.4) is 0 Å². The second-order valence-corrected chi connectivity index (χ2v) is 8.62. The third kappa shape index (κ3) is 4.74. The molecule has 3 heterocycles. The van der Waals surface area contributed by atoms with E-state index in [2.05, 4.69) is 20.3 Å². The van der Waals surface area contributed by atoms with E-state index in [1.807, 2.05) is 48.7 Å². The van der Waals surface area contributed by atoms with E-state index in [9.17, 15) is 9.59 Å². The number of aryl methyl sites for hydroxylation is 1. The second-order valence-electron chi connectivity index (χ2n) is 6.64. The SMILES string of the molecule is Cc1ccc(CNC(=O)CSc2nc3nccnc3c(=O)n2Cc2cccs2)cc1. The summed E-state index contributed by atoms with van der Waals surface area (Å²) in [6.45, 7) is 2.86. The average molecular weight is 438 g/mol. The molecule has 0 radical (unpaired) electrons. The van der Waals surface area contributed by atoms with Gasteiger partial charge in [0.2, 0.25) is 5.91 Å². The number of rotatable bonds is 7. The summed E-state index contributed by atoms with van der Waals surface area (Å²) in [4.78, 5) is 39.1. The molecule has 1 N–H and O–H groups in total. The molecule has 0 atom stereocenters. The number of thioether (sulfide) groups is 1. The summed E-state index contributed by atoms with van der Waals surface area (Å²) in [5.41, 5.74) is 2.46. The number of thiophene rings is 1. The first-order valence-corrected chi connectivity index (χ1v) is 11.2. The topological polar surface area (TPSA) is 89.8 Å². The molecule has 0 saturated carbocycles. The van der Waals surface area contributed by atoms with Gasteiger partial charge in [-0.25, -0.2) is 15.0 Å². The van der Waals surface area contributed by atoms with Gasteiger partial charge in [-0.2, -0.15) is 0 Å². The highest BCUT2D eigenvalue weighted by Gasteiger charge is 2.15. The van der Waals surface area contributed by atoms with Crippen molar-refractivity contribution in [2.24, 2.45) is 0 Å². The van der Waals surface area contributed by atoms with E-state index < -0.39 is 0 Å². The molecule has 0 spiro atoms. The number of hydrogen-bond acceptors (Lipinski definition) is 7. The molecule has 4 aromatic rings. The highest BCUT2D eigenvalue weighted by molar-refractivity contribution is 7.99. The zero-order valence-corrected chi connectivity index (χ0v) is 17.9. The minimum absolute atomic E-state index is 0.128. The van der Waals surface area contributed by atoms with Crippen molar-refractivity contribution in [2.45, 2.75) is 25.2 Å². The van der Waals surface area contributed by atoms with Crippen LogP contribution >= 0.6 is 23.1 Å². The molecule has 9 heteroatoms. The maximum atomic E-state index is 13.0. The van der Waals surface area contributed by atoms with Gasteiger partial charge in [0.15, 0.2) is 16.3 Å². The van der Waals surface area contributed by atoms with Crippen molar-refractivity contribution in [3.8, 4) is 0 Å². The molecule has 0 fully saturated rings. The van der Waals surface area contributed by atoms with Crippen molar-refractivity contribution in [3.05, 3.63) is 80.5 Å². The lowest BCUT2D eigenvalue weighted by atomic mass is 10.1. The number of carbonyl (C=O) groups is 1. The third-order valence-corrected chi connectivity index (χ3v) is 6.23. The molecule has 0 saturated heterocycles. The fraction of sp³-hybridized carbons (Fsp3) is 0.190. The van der Waals surface area contributed by atoms with Crippen LogP contribution in [0, 0.1) is 6.92 Å². The Morgan fingerprint density at radius 2 is 1.97 bits per heavy atom. The molecule has 30 heavy (non-hydrogen) atoms. The molecule has 4 rings (SSSR count). The first-order chi connectivity index (χ1) is 14.6. The molecule has 152 valence electrons. The van der Waals surface area contributed by atoms with Gasteiger partial charge in [0.1, 0.15) is 0 Å². The van der Waals surface area contributed by atoms with Crippen LogP contribution in [0.15, 0.2) is 64.1 Å². The van der Waals surface area contributed by atoms with Crippen LogP contribution in [0.5, 0.6) is 0 Å². The Bertz CT molecular complexity index is 1220. The Balaban J connectivity index is 1.51. The van der Waals surface area contributed by atoms with Gasteiger partial charge in [0.05, 0.1) is 12.3 Å². The van der Waals surface area contributed by atoms with Crippen LogP contribution in [0.1, 0.15) is 16.0 Å². The van der Waals surface area contributed by atoms with Crippen molar-refractivity contribution in [3.63, 3.8) is 0 Å². The fourth-order valence-electron chi connectivity index (χ4n) is 2.82. The zero-order chi connectivity index (χ0) is 20.9. The Kier molecular flexibility index (Phi) is 6.20. The van der Waals surface area contributed by atoms with E-state index in [4.69, 9.17) is 0 Å². The molecule has 0 unspecified atom stereocenters. The zero-order valence-electron chi connectivity index (χ0n) is 16.2. The average Bonchev–Trinajstić information content (AvgIpc) is 3.27. The maximum absolute atomic E-state index is 13.0. The standard InChI is InChI=1S/C21H19N5O2S2/c1-14-4-6-15(7-5-14)11-24-17(27)13-30-21-25-19-18(22-8-9-23-19)20(28)26(21)12-16-3-2-10-29-16/h2-10H,11-13H2,1H3,(H,24,27). The Morgan fingerprint density at radius 1 is 1.17 bits per heavy atom. The first kappa shape index (κ1) is 20.2. The lowest BCUT2D eigenvalue weighted by molar-refractivity contribution is -0.118. The molecule has 0 aliphatic rings. The normalized spacial score (nSPS) is 11.0. The van der Waals surface area contributed by atoms with Crippen LogP contribution < -0.4 is 10.9 Å². The van der Waals surface area contributed by atoms with Gasteiger partial charge < -0.3 is 5.32 Å². The number of fused-ring (bicyclic) bond motifs is 1. The monoisotopic (exact) mass is 437 g/mol. The number of nitrogens with one attached hydrogen (secondary N) is 1. The molecule has 0 aliphatic carbocycles. The lowest BCUT2D eigenvalue weighted by Gasteiger charge is -2.12. The first-order valence-electron chi connectivity index (χ1n) is 9.29. The number of aromatic nitrogens is 4. The molecule has 1 aromatic carbocycles. The molecular weight excluding hydrogens is 418 g/mol.